The number of nitrogens with one attached hydrogen (secondary N) is 1. The van der Waals surface area contributed by atoms with Crippen LogP contribution < -0.4 is 10.2 Å². The van der Waals surface area contributed by atoms with Crippen molar-refractivity contribution in [2.75, 3.05) is 24.5 Å². The number of amides is 2. The van der Waals surface area contributed by atoms with Gasteiger partial charge in [0.2, 0.25) is 11.8 Å². The van der Waals surface area contributed by atoms with Crippen molar-refractivity contribution in [3.05, 3.63) is 29.8 Å². The van der Waals surface area contributed by atoms with Crippen LogP contribution in [0, 0.1) is 0 Å². The quantitative estimate of drug-likeness (QED) is 0.919. The number of likely N-dealkylation sites (tertiary alicyclic amines) is 1. The smallest absolute Gasteiger partial charge is 0.228 e. The lowest BCUT2D eigenvalue weighted by Crippen LogP contribution is -2.41. The Morgan fingerprint density at radius 3 is 2.96 bits per heavy atom. The van der Waals surface area contributed by atoms with Crippen LogP contribution in [0.15, 0.2) is 24.3 Å². The number of anilines is 1. The maximum Gasteiger partial charge on any atom is 0.228 e. The predicted molar refractivity (Wildman–Crippen MR) is 92.9 cm³/mol. The zero-order valence-corrected chi connectivity index (χ0v) is 14.0. The molecule has 2 fully saturated rings. The third-order valence-corrected chi connectivity index (χ3v) is 5.56. The van der Waals surface area contributed by atoms with Gasteiger partial charge in [-0.05, 0) is 37.3 Å². The van der Waals surface area contributed by atoms with E-state index in [4.69, 9.17) is 0 Å². The normalized spacial score (nSPS) is 26.2. The van der Waals surface area contributed by atoms with Gasteiger partial charge in [-0.25, -0.2) is 0 Å². The van der Waals surface area contributed by atoms with Crippen LogP contribution in [-0.2, 0) is 16.0 Å². The average molecular weight is 327 g/mol. The Labute approximate surface area is 143 Å². The molecule has 5 nitrogen and oxygen atoms in total. The van der Waals surface area contributed by atoms with Crippen LogP contribution in [0.5, 0.6) is 0 Å². The Morgan fingerprint density at radius 2 is 2.04 bits per heavy atom. The van der Waals surface area contributed by atoms with Crippen LogP contribution in [0.4, 0.5) is 5.69 Å². The second kappa shape index (κ2) is 6.55. The SMILES string of the molecule is O=C1C[C@H]2CC[C@@H](CN1CCC(=O)N1CCCc3ccccc31)N2. The van der Waals surface area contributed by atoms with Gasteiger partial charge in [0.15, 0.2) is 0 Å². The monoisotopic (exact) mass is 327 g/mol. The summed E-state index contributed by atoms with van der Waals surface area (Å²) < 4.78 is 0. The highest BCUT2D eigenvalue weighted by Crippen LogP contribution is 2.27. The lowest BCUT2D eigenvalue weighted by atomic mass is 10.0. The molecule has 0 aromatic heterocycles. The number of carbonyl (C=O) groups excluding carboxylic acids is 2. The van der Waals surface area contributed by atoms with E-state index in [1.165, 1.54) is 5.56 Å². The summed E-state index contributed by atoms with van der Waals surface area (Å²) >= 11 is 0. The Hall–Kier alpha value is -1.88. The molecule has 2 amide bonds. The number of nitrogens with zero attached hydrogens (tertiary/aromatic N) is 2. The van der Waals surface area contributed by atoms with Crippen LogP contribution in [-0.4, -0.2) is 48.4 Å². The lowest BCUT2D eigenvalue weighted by Gasteiger charge is -2.31. The summed E-state index contributed by atoms with van der Waals surface area (Å²) in [6.07, 6.45) is 5.29. The van der Waals surface area contributed by atoms with Crippen molar-refractivity contribution in [2.45, 2.75) is 50.6 Å². The van der Waals surface area contributed by atoms with Crippen molar-refractivity contribution in [3.63, 3.8) is 0 Å². The van der Waals surface area contributed by atoms with E-state index in [9.17, 15) is 9.59 Å². The minimum absolute atomic E-state index is 0.136. The van der Waals surface area contributed by atoms with Crippen LogP contribution in [0.1, 0.15) is 37.7 Å². The van der Waals surface area contributed by atoms with E-state index in [1.807, 2.05) is 28.0 Å². The van der Waals surface area contributed by atoms with Crippen molar-refractivity contribution in [1.29, 1.82) is 0 Å². The Balaban J connectivity index is 1.39. The summed E-state index contributed by atoms with van der Waals surface area (Å²) in [5, 5.41) is 3.52. The van der Waals surface area contributed by atoms with Crippen LogP contribution >= 0.6 is 0 Å². The topological polar surface area (TPSA) is 52.7 Å². The second-order valence-electron chi connectivity index (χ2n) is 7.21. The van der Waals surface area contributed by atoms with Crippen molar-refractivity contribution >= 4 is 17.5 Å². The number of rotatable bonds is 3. The maximum atomic E-state index is 12.7. The molecule has 1 N–H and O–H groups in total. The average Bonchev–Trinajstić information content (AvgIpc) is 2.97. The molecule has 1 aromatic carbocycles. The molecular formula is C19H25N3O2. The highest BCUT2D eigenvalue weighted by molar-refractivity contribution is 5.95. The van der Waals surface area contributed by atoms with Gasteiger partial charge in [-0.2, -0.15) is 0 Å². The number of carbonyl (C=O) groups is 2. The van der Waals surface area contributed by atoms with E-state index in [2.05, 4.69) is 11.4 Å². The van der Waals surface area contributed by atoms with Gasteiger partial charge in [-0.15, -0.1) is 0 Å². The van der Waals surface area contributed by atoms with Crippen LogP contribution in [0.3, 0.4) is 0 Å². The largest absolute Gasteiger partial charge is 0.341 e. The third kappa shape index (κ3) is 3.05. The van der Waals surface area contributed by atoms with E-state index in [-0.39, 0.29) is 11.8 Å². The first-order valence-corrected chi connectivity index (χ1v) is 9.13. The molecule has 24 heavy (non-hydrogen) atoms. The second-order valence-corrected chi connectivity index (χ2v) is 7.21. The Morgan fingerprint density at radius 1 is 1.21 bits per heavy atom. The van der Waals surface area contributed by atoms with Gasteiger partial charge in [-0.1, -0.05) is 18.2 Å². The molecule has 2 atom stereocenters. The molecule has 0 unspecified atom stereocenters. The standard InChI is InChI=1S/C19H25N3O2/c23-18(22-10-3-5-14-4-1-2-6-17(14)22)9-11-21-13-16-8-7-15(20-16)12-19(21)24/h1-2,4,6,15-16,20H,3,5,7-13H2/t15-,16+/m1/s1. The third-order valence-electron chi connectivity index (χ3n) is 5.56. The first kappa shape index (κ1) is 15.6. The zero-order chi connectivity index (χ0) is 16.5. The number of para-hydroxylation sites is 1. The molecule has 0 saturated carbocycles. The van der Waals surface area contributed by atoms with E-state index >= 15 is 0 Å². The molecule has 2 saturated heterocycles. The van der Waals surface area contributed by atoms with Gasteiger partial charge < -0.3 is 15.1 Å². The van der Waals surface area contributed by atoms with Gasteiger partial charge in [0, 0.05) is 50.2 Å². The number of benzene rings is 1. The van der Waals surface area contributed by atoms with Crippen molar-refractivity contribution in [3.8, 4) is 0 Å². The Bertz CT molecular complexity index is 645. The fourth-order valence-corrected chi connectivity index (χ4v) is 4.29. The molecule has 128 valence electrons. The predicted octanol–water partition coefficient (Wildman–Crippen LogP) is 1.71. The van der Waals surface area contributed by atoms with E-state index in [0.29, 0.717) is 31.5 Å². The highest BCUT2D eigenvalue weighted by atomic mass is 16.2. The summed E-state index contributed by atoms with van der Waals surface area (Å²) in [6.45, 7) is 2.08. The van der Waals surface area contributed by atoms with Gasteiger partial charge in [-0.3, -0.25) is 9.59 Å². The molecule has 2 bridgehead atoms. The molecular weight excluding hydrogens is 302 g/mol. The van der Waals surface area contributed by atoms with Crippen molar-refractivity contribution < 1.29 is 9.59 Å². The summed E-state index contributed by atoms with van der Waals surface area (Å²) in [5.74, 6) is 0.332. The van der Waals surface area contributed by atoms with Crippen LogP contribution in [0.2, 0.25) is 0 Å². The molecule has 3 aliphatic heterocycles. The fourth-order valence-electron chi connectivity index (χ4n) is 4.29. The molecule has 1 aromatic rings. The number of hydrogen-bond acceptors (Lipinski definition) is 3. The number of fused-ring (bicyclic) bond motifs is 3. The van der Waals surface area contributed by atoms with Gasteiger partial charge in [0.05, 0.1) is 0 Å². The summed E-state index contributed by atoms with van der Waals surface area (Å²) in [5.41, 5.74) is 2.31. The molecule has 0 radical (unpaired) electrons. The summed E-state index contributed by atoms with van der Waals surface area (Å²) in [6, 6.07) is 8.92. The minimum atomic E-state index is 0.136. The lowest BCUT2D eigenvalue weighted by molar-refractivity contribution is -0.131. The van der Waals surface area contributed by atoms with Crippen molar-refractivity contribution in [1.82, 2.24) is 10.2 Å². The number of hydrogen-bond donors (Lipinski definition) is 1. The minimum Gasteiger partial charge on any atom is -0.341 e. The van der Waals surface area contributed by atoms with Crippen LogP contribution in [0.25, 0.3) is 0 Å². The maximum absolute atomic E-state index is 12.7. The van der Waals surface area contributed by atoms with E-state index in [0.717, 1.165) is 44.5 Å². The molecule has 3 aliphatic rings. The highest BCUT2D eigenvalue weighted by Gasteiger charge is 2.33. The van der Waals surface area contributed by atoms with Gasteiger partial charge in [0.1, 0.15) is 0 Å². The van der Waals surface area contributed by atoms with Gasteiger partial charge >= 0.3 is 0 Å². The first-order chi connectivity index (χ1) is 11.7. The molecule has 4 rings (SSSR count). The Kier molecular flexibility index (Phi) is 4.27. The molecule has 0 spiro atoms. The first-order valence-electron chi connectivity index (χ1n) is 9.13. The van der Waals surface area contributed by atoms with Crippen molar-refractivity contribution in [2.24, 2.45) is 0 Å². The van der Waals surface area contributed by atoms with E-state index < -0.39 is 0 Å². The molecule has 3 heterocycles. The summed E-state index contributed by atoms with van der Waals surface area (Å²) in [7, 11) is 0. The fraction of sp³-hybridized carbons (Fsp3) is 0.579. The number of aryl methyl sites for hydroxylation is 1. The molecule has 0 aliphatic carbocycles. The summed E-state index contributed by atoms with van der Waals surface area (Å²) in [4.78, 5) is 28.9. The van der Waals surface area contributed by atoms with Gasteiger partial charge in [0.25, 0.3) is 0 Å². The molecule has 5 heteroatoms. The zero-order valence-electron chi connectivity index (χ0n) is 14.0. The van der Waals surface area contributed by atoms with E-state index in [1.54, 1.807) is 0 Å².